The lowest BCUT2D eigenvalue weighted by Gasteiger charge is -2.09. The Balaban J connectivity index is 0.00000192. The number of hydrogen-bond donors (Lipinski definition) is 1. The number of para-hydroxylation sites is 2. The molecule has 0 fully saturated rings. The minimum Gasteiger partial charge on any atom is -0.356 e. The zero-order valence-electron chi connectivity index (χ0n) is 15.0. The standard InChI is InChI=1S/C25H20N2.H2/c1-2-7-13-21(12-6-1)27-24-15-9-8-14-22(24)23-18-20(16-17-25(23)27)26-19-10-4-3-5-11-19;/h1,3-18,26H,2H2;1H. The zero-order chi connectivity index (χ0) is 18.1. The summed E-state index contributed by atoms with van der Waals surface area (Å²) in [6, 6.07) is 25.5. The van der Waals surface area contributed by atoms with Crippen LogP contribution in [0.4, 0.5) is 11.4 Å². The Hall–Kier alpha value is -3.52. The highest BCUT2D eigenvalue weighted by Crippen LogP contribution is 2.34. The van der Waals surface area contributed by atoms with Crippen LogP contribution in [0.2, 0.25) is 0 Å². The van der Waals surface area contributed by atoms with E-state index in [0.717, 1.165) is 17.8 Å². The van der Waals surface area contributed by atoms with Gasteiger partial charge in [-0.15, -0.1) is 0 Å². The number of fused-ring (bicyclic) bond motifs is 3. The topological polar surface area (TPSA) is 17.0 Å². The van der Waals surface area contributed by atoms with Gasteiger partial charge in [0.25, 0.3) is 0 Å². The first kappa shape index (κ1) is 15.7. The van der Waals surface area contributed by atoms with Crippen LogP contribution < -0.4 is 5.32 Å². The third kappa shape index (κ3) is 2.85. The second-order valence-corrected chi connectivity index (χ2v) is 6.73. The molecule has 1 aliphatic carbocycles. The van der Waals surface area contributed by atoms with Gasteiger partial charge in [0, 0.05) is 29.3 Å². The third-order valence-corrected chi connectivity index (χ3v) is 4.96. The maximum absolute atomic E-state index is 3.51. The van der Waals surface area contributed by atoms with E-state index in [1.165, 1.54) is 27.5 Å². The number of aromatic nitrogens is 1. The van der Waals surface area contributed by atoms with Crippen molar-refractivity contribution in [1.29, 1.82) is 0 Å². The van der Waals surface area contributed by atoms with Crippen molar-refractivity contribution in [2.45, 2.75) is 6.42 Å². The summed E-state index contributed by atoms with van der Waals surface area (Å²) in [4.78, 5) is 0. The fourth-order valence-corrected chi connectivity index (χ4v) is 3.73. The Morgan fingerprint density at radius 2 is 1.56 bits per heavy atom. The van der Waals surface area contributed by atoms with Crippen molar-refractivity contribution in [3.05, 3.63) is 103 Å². The van der Waals surface area contributed by atoms with Crippen molar-refractivity contribution in [3.8, 4) is 0 Å². The van der Waals surface area contributed by atoms with Crippen LogP contribution in [0.25, 0.3) is 27.5 Å². The van der Waals surface area contributed by atoms with Crippen LogP contribution in [0.3, 0.4) is 0 Å². The molecule has 0 saturated carbocycles. The molecule has 0 amide bonds. The predicted molar refractivity (Wildman–Crippen MR) is 118 cm³/mol. The highest BCUT2D eigenvalue weighted by molar-refractivity contribution is 6.11. The quantitative estimate of drug-likeness (QED) is 0.415. The van der Waals surface area contributed by atoms with Crippen LogP contribution in [-0.4, -0.2) is 4.57 Å². The third-order valence-electron chi connectivity index (χ3n) is 4.96. The molecule has 0 unspecified atom stereocenters. The number of benzene rings is 3. The van der Waals surface area contributed by atoms with E-state index in [9.17, 15) is 0 Å². The Bertz CT molecular complexity index is 1210. The van der Waals surface area contributed by atoms with Crippen molar-refractivity contribution in [2.75, 3.05) is 5.32 Å². The lowest BCUT2D eigenvalue weighted by atomic mass is 10.1. The molecule has 0 saturated heterocycles. The molecule has 27 heavy (non-hydrogen) atoms. The summed E-state index contributed by atoms with van der Waals surface area (Å²) in [6.07, 6.45) is 11.9. The largest absolute Gasteiger partial charge is 0.356 e. The van der Waals surface area contributed by atoms with Crippen molar-refractivity contribution < 1.29 is 1.43 Å². The number of hydrogen-bond acceptors (Lipinski definition) is 1. The number of allylic oxidation sites excluding steroid dienone is 6. The molecule has 132 valence electrons. The van der Waals surface area contributed by atoms with E-state index < -0.39 is 0 Å². The van der Waals surface area contributed by atoms with Gasteiger partial charge >= 0.3 is 0 Å². The lowest BCUT2D eigenvalue weighted by molar-refractivity contribution is 1.24. The molecular weight excluding hydrogens is 328 g/mol. The van der Waals surface area contributed by atoms with Gasteiger partial charge in [0.2, 0.25) is 0 Å². The van der Waals surface area contributed by atoms with Crippen LogP contribution in [0.15, 0.2) is 103 Å². The van der Waals surface area contributed by atoms with Crippen LogP contribution in [-0.2, 0) is 0 Å². The maximum Gasteiger partial charge on any atom is 0.0542 e. The smallest absolute Gasteiger partial charge is 0.0542 e. The summed E-state index contributed by atoms with van der Waals surface area (Å²) in [5, 5.41) is 6.04. The normalized spacial score (nSPS) is 13.7. The first-order chi connectivity index (χ1) is 13.4. The van der Waals surface area contributed by atoms with E-state index in [2.05, 4.69) is 94.9 Å². The molecule has 0 aliphatic heterocycles. The van der Waals surface area contributed by atoms with E-state index in [0.29, 0.717) is 0 Å². The predicted octanol–water partition coefficient (Wildman–Crippen LogP) is 7.14. The van der Waals surface area contributed by atoms with Crippen LogP contribution in [0, 0.1) is 0 Å². The van der Waals surface area contributed by atoms with Crippen LogP contribution in [0.5, 0.6) is 0 Å². The van der Waals surface area contributed by atoms with Gasteiger partial charge in [-0.1, -0.05) is 54.6 Å². The van der Waals surface area contributed by atoms with Gasteiger partial charge < -0.3 is 9.88 Å². The molecule has 1 aliphatic rings. The summed E-state index contributed by atoms with van der Waals surface area (Å²) >= 11 is 0. The SMILES string of the molecule is C1=CCC=CC(n2c3ccccc3c3cc(Nc4ccccc4)ccc32)=C1.[HH]. The molecule has 2 nitrogen and oxygen atoms in total. The van der Waals surface area contributed by atoms with E-state index in [-0.39, 0.29) is 1.43 Å². The first-order valence-electron chi connectivity index (χ1n) is 9.29. The van der Waals surface area contributed by atoms with Gasteiger partial charge in [-0.25, -0.2) is 0 Å². The maximum atomic E-state index is 3.51. The fraction of sp³-hybridized carbons (Fsp3) is 0.0400. The zero-order valence-corrected chi connectivity index (χ0v) is 15.0. The Labute approximate surface area is 160 Å². The molecule has 0 atom stereocenters. The van der Waals surface area contributed by atoms with E-state index in [1.807, 2.05) is 18.2 Å². The van der Waals surface area contributed by atoms with Gasteiger partial charge in [0.1, 0.15) is 0 Å². The van der Waals surface area contributed by atoms with E-state index in [1.54, 1.807) is 0 Å². The monoisotopic (exact) mass is 350 g/mol. The highest BCUT2D eigenvalue weighted by atomic mass is 15.0. The second kappa shape index (κ2) is 6.65. The Kier molecular flexibility index (Phi) is 3.87. The fourth-order valence-electron chi connectivity index (χ4n) is 3.73. The van der Waals surface area contributed by atoms with E-state index in [4.69, 9.17) is 0 Å². The average molecular weight is 350 g/mol. The van der Waals surface area contributed by atoms with Crippen molar-refractivity contribution in [3.63, 3.8) is 0 Å². The van der Waals surface area contributed by atoms with Gasteiger partial charge in [0.15, 0.2) is 0 Å². The number of nitrogens with zero attached hydrogens (tertiary/aromatic N) is 1. The molecule has 5 rings (SSSR count). The second-order valence-electron chi connectivity index (χ2n) is 6.73. The first-order valence-corrected chi connectivity index (χ1v) is 9.29. The molecule has 1 heterocycles. The molecule has 0 bridgehead atoms. The molecule has 2 heteroatoms. The number of nitrogens with one attached hydrogen (secondary N) is 1. The molecule has 4 aromatic rings. The number of anilines is 2. The van der Waals surface area contributed by atoms with Gasteiger partial charge in [-0.3, -0.25) is 0 Å². The lowest BCUT2D eigenvalue weighted by Crippen LogP contribution is -1.94. The van der Waals surface area contributed by atoms with Gasteiger partial charge in [-0.2, -0.15) is 0 Å². The van der Waals surface area contributed by atoms with Gasteiger partial charge in [-0.05, 0) is 55.0 Å². The summed E-state index contributed by atoms with van der Waals surface area (Å²) < 4.78 is 2.35. The van der Waals surface area contributed by atoms with Crippen molar-refractivity contribution in [2.24, 2.45) is 0 Å². The molecule has 1 N–H and O–H groups in total. The average Bonchev–Trinajstić information content (AvgIpc) is 2.85. The summed E-state index contributed by atoms with van der Waals surface area (Å²) in [6.45, 7) is 0. The summed E-state index contributed by atoms with van der Waals surface area (Å²) in [5.74, 6) is 0. The number of rotatable bonds is 3. The minimum absolute atomic E-state index is 0. The van der Waals surface area contributed by atoms with Crippen molar-refractivity contribution in [1.82, 2.24) is 4.57 Å². The molecule has 0 radical (unpaired) electrons. The Morgan fingerprint density at radius 3 is 2.48 bits per heavy atom. The molecule has 1 aromatic heterocycles. The van der Waals surface area contributed by atoms with Crippen LogP contribution in [0.1, 0.15) is 7.85 Å². The molecule has 0 spiro atoms. The highest BCUT2D eigenvalue weighted by Gasteiger charge is 2.13. The van der Waals surface area contributed by atoms with E-state index >= 15 is 0 Å². The van der Waals surface area contributed by atoms with Crippen molar-refractivity contribution >= 4 is 38.9 Å². The van der Waals surface area contributed by atoms with Gasteiger partial charge in [0.05, 0.1) is 11.0 Å². The molecular formula is C25H22N2. The Morgan fingerprint density at radius 1 is 0.741 bits per heavy atom. The van der Waals surface area contributed by atoms with Crippen LogP contribution >= 0.6 is 0 Å². The summed E-state index contributed by atoms with van der Waals surface area (Å²) in [7, 11) is 0. The molecule has 3 aromatic carbocycles. The summed E-state index contributed by atoms with van der Waals surface area (Å²) in [5.41, 5.74) is 5.84. The minimum atomic E-state index is 0.